The van der Waals surface area contributed by atoms with Crippen molar-refractivity contribution in [2.45, 2.75) is 0 Å². The molecule has 22 heavy (non-hydrogen) atoms. The van der Waals surface area contributed by atoms with Gasteiger partial charge in [0.05, 0.1) is 34.5 Å². The van der Waals surface area contributed by atoms with Gasteiger partial charge >= 0.3 is 25.2 Å². The van der Waals surface area contributed by atoms with E-state index in [2.05, 4.69) is 22.0 Å². The van der Waals surface area contributed by atoms with Crippen molar-refractivity contribution in [2.24, 2.45) is 0 Å². The van der Waals surface area contributed by atoms with Gasteiger partial charge in [-0.25, -0.2) is 0 Å². The normalized spacial score (nSPS) is 17.2. The Balaban J connectivity index is 0.000000422. The predicted molar refractivity (Wildman–Crippen MR) is 71.4 cm³/mol. The third kappa shape index (κ3) is 5.97. The van der Waals surface area contributed by atoms with Gasteiger partial charge in [0.25, 0.3) is 0 Å². The van der Waals surface area contributed by atoms with E-state index < -0.39 is 7.25 Å². The van der Waals surface area contributed by atoms with Crippen molar-refractivity contribution in [3.63, 3.8) is 0 Å². The van der Waals surface area contributed by atoms with E-state index in [0.29, 0.717) is 23.6 Å². The Morgan fingerprint density at radius 2 is 1.36 bits per heavy atom. The molecule has 1 aromatic rings. The number of ether oxygens (including phenoxy) is 3. The lowest BCUT2D eigenvalue weighted by Crippen LogP contribution is -2.54. The number of nitrogens with zero attached hydrogens (tertiary/aromatic N) is 4. The summed E-state index contributed by atoms with van der Waals surface area (Å²) < 4.78 is 55.1. The Labute approximate surface area is 124 Å². The van der Waals surface area contributed by atoms with E-state index in [9.17, 15) is 17.3 Å². The maximum Gasteiger partial charge on any atom is 0.673 e. The van der Waals surface area contributed by atoms with E-state index in [4.69, 9.17) is 14.2 Å². The SMILES string of the molecule is COc1nc(OC)nc([N+]2(C)CCOCC2)n1.F[B-](F)(F)F. The van der Waals surface area contributed by atoms with E-state index in [1.165, 1.54) is 14.2 Å². The van der Waals surface area contributed by atoms with Crippen molar-refractivity contribution in [1.82, 2.24) is 19.4 Å². The fraction of sp³-hybridized carbons (Fsp3) is 0.700. The molecule has 1 aliphatic heterocycles. The molecule has 0 N–H and O–H groups in total. The van der Waals surface area contributed by atoms with Gasteiger partial charge in [0.2, 0.25) is 0 Å². The van der Waals surface area contributed by atoms with Crippen molar-refractivity contribution >= 4 is 13.2 Å². The molecule has 0 saturated carbocycles. The van der Waals surface area contributed by atoms with Crippen LogP contribution in [0.2, 0.25) is 0 Å². The summed E-state index contributed by atoms with van der Waals surface area (Å²) in [5.74, 6) is 0.650. The monoisotopic (exact) mass is 328 g/mol. The van der Waals surface area contributed by atoms with E-state index in [1.807, 2.05) is 0 Å². The van der Waals surface area contributed by atoms with Crippen molar-refractivity contribution in [3.05, 3.63) is 0 Å². The van der Waals surface area contributed by atoms with Crippen LogP contribution in [-0.4, -0.2) is 69.8 Å². The first-order valence-electron chi connectivity index (χ1n) is 6.32. The van der Waals surface area contributed by atoms with Crippen molar-refractivity contribution < 1.29 is 31.5 Å². The maximum atomic E-state index is 9.75. The summed E-state index contributed by atoms with van der Waals surface area (Å²) in [7, 11) is -0.882. The minimum atomic E-state index is -6.00. The first-order valence-corrected chi connectivity index (χ1v) is 6.32. The van der Waals surface area contributed by atoms with Crippen LogP contribution < -0.4 is 14.0 Å². The highest BCUT2D eigenvalue weighted by Crippen LogP contribution is 2.22. The Kier molecular flexibility index (Phi) is 6.29. The second-order valence-electron chi connectivity index (χ2n) is 4.56. The molecular formula is C10H17BF4N4O3. The number of likely N-dealkylation sites (N-methyl/N-ethyl adjacent to an activating group) is 1. The third-order valence-electron chi connectivity index (χ3n) is 2.89. The second-order valence-corrected chi connectivity index (χ2v) is 4.56. The van der Waals surface area contributed by atoms with E-state index in [1.54, 1.807) is 0 Å². The number of hydrogen-bond donors (Lipinski definition) is 0. The van der Waals surface area contributed by atoms with Gasteiger partial charge in [0.15, 0.2) is 0 Å². The third-order valence-corrected chi connectivity index (χ3v) is 2.89. The molecule has 126 valence electrons. The van der Waals surface area contributed by atoms with Crippen molar-refractivity contribution in [3.8, 4) is 12.0 Å². The summed E-state index contributed by atoms with van der Waals surface area (Å²) in [6.45, 7) is 3.06. The van der Waals surface area contributed by atoms with Gasteiger partial charge in [-0.1, -0.05) is 0 Å². The second kappa shape index (κ2) is 7.54. The molecule has 1 aromatic heterocycles. The van der Waals surface area contributed by atoms with Crippen molar-refractivity contribution in [2.75, 3.05) is 47.6 Å². The van der Waals surface area contributed by atoms with Gasteiger partial charge in [0.1, 0.15) is 13.1 Å². The van der Waals surface area contributed by atoms with Gasteiger partial charge in [-0.05, 0) is 0 Å². The molecule has 0 aliphatic carbocycles. The molecule has 0 unspecified atom stereocenters. The van der Waals surface area contributed by atoms with Crippen LogP contribution in [0, 0.1) is 0 Å². The molecule has 0 spiro atoms. The van der Waals surface area contributed by atoms with Crippen LogP contribution in [0.25, 0.3) is 0 Å². The predicted octanol–water partition coefficient (Wildman–Crippen LogP) is 1.16. The first kappa shape index (κ1) is 18.4. The summed E-state index contributed by atoms with van der Waals surface area (Å²) in [5.41, 5.74) is 0. The smallest absolute Gasteiger partial charge is 0.466 e. The molecule has 1 fully saturated rings. The molecule has 1 aliphatic rings. The minimum absolute atomic E-state index is 0.276. The number of methoxy groups -OCH3 is 2. The largest absolute Gasteiger partial charge is 0.673 e. The molecule has 0 bridgehead atoms. The van der Waals surface area contributed by atoms with Crippen molar-refractivity contribution in [1.29, 1.82) is 0 Å². The highest BCUT2D eigenvalue weighted by Gasteiger charge is 2.32. The van der Waals surface area contributed by atoms with Gasteiger partial charge in [-0.15, -0.1) is 15.0 Å². The molecule has 0 radical (unpaired) electrons. The topological polar surface area (TPSA) is 66.4 Å². The van der Waals surface area contributed by atoms with Crippen LogP contribution in [0.1, 0.15) is 0 Å². The first-order chi connectivity index (χ1) is 10.2. The molecule has 2 rings (SSSR count). The molecule has 0 atom stereocenters. The molecular weight excluding hydrogens is 311 g/mol. The van der Waals surface area contributed by atoms with Crippen LogP contribution in [0.5, 0.6) is 12.0 Å². The summed E-state index contributed by atoms with van der Waals surface area (Å²) in [6, 6.07) is 0.551. The highest BCUT2D eigenvalue weighted by atomic mass is 19.5. The zero-order valence-corrected chi connectivity index (χ0v) is 12.4. The lowest BCUT2D eigenvalue weighted by atomic mass is 10.3. The number of quaternary nitrogens is 1. The minimum Gasteiger partial charge on any atom is -0.466 e. The van der Waals surface area contributed by atoms with Crippen LogP contribution in [0.4, 0.5) is 23.2 Å². The number of hydrogen-bond acceptors (Lipinski definition) is 6. The molecule has 1 saturated heterocycles. The summed E-state index contributed by atoms with van der Waals surface area (Å²) >= 11 is 0. The summed E-state index contributed by atoms with van der Waals surface area (Å²) in [5, 5.41) is 0. The standard InChI is InChI=1S/C10H17N4O3.BF4/c1-14(4-6-17-7-5-14)8-11-9(15-2)13-10(12-8)16-3;2-1(3,4)5/h4-7H2,1-3H3;/q+1;-1. The quantitative estimate of drug-likeness (QED) is 0.471. The number of halogens is 4. The number of rotatable bonds is 3. The van der Waals surface area contributed by atoms with E-state index in [-0.39, 0.29) is 12.0 Å². The average molecular weight is 328 g/mol. The fourth-order valence-electron chi connectivity index (χ4n) is 1.70. The molecule has 7 nitrogen and oxygen atoms in total. The number of morpholine rings is 1. The van der Waals surface area contributed by atoms with Gasteiger partial charge < -0.3 is 31.5 Å². The fourth-order valence-corrected chi connectivity index (χ4v) is 1.70. The Morgan fingerprint density at radius 1 is 0.955 bits per heavy atom. The molecule has 0 amide bonds. The Morgan fingerprint density at radius 3 is 1.73 bits per heavy atom. The van der Waals surface area contributed by atoms with E-state index >= 15 is 0 Å². The van der Waals surface area contributed by atoms with Gasteiger partial charge in [-0.2, -0.15) is 0 Å². The van der Waals surface area contributed by atoms with Gasteiger partial charge in [-0.3, -0.25) is 4.48 Å². The lowest BCUT2D eigenvalue weighted by molar-refractivity contribution is 0.0489. The van der Waals surface area contributed by atoms with Crippen LogP contribution >= 0.6 is 0 Å². The molecule has 12 heteroatoms. The molecule has 0 aromatic carbocycles. The Bertz CT molecular complexity index is 457. The zero-order valence-electron chi connectivity index (χ0n) is 12.4. The highest BCUT2D eigenvalue weighted by molar-refractivity contribution is 6.50. The van der Waals surface area contributed by atoms with Crippen LogP contribution in [-0.2, 0) is 4.74 Å². The van der Waals surface area contributed by atoms with Crippen LogP contribution in [0.3, 0.4) is 0 Å². The maximum absolute atomic E-state index is 9.75. The summed E-state index contributed by atoms with van der Waals surface area (Å²) in [6.07, 6.45) is 0. The zero-order chi connectivity index (χ0) is 16.8. The van der Waals surface area contributed by atoms with Gasteiger partial charge in [0, 0.05) is 0 Å². The number of aromatic nitrogens is 3. The van der Waals surface area contributed by atoms with E-state index in [0.717, 1.165) is 13.1 Å². The van der Waals surface area contributed by atoms with Crippen LogP contribution in [0.15, 0.2) is 0 Å². The Hall–Kier alpha value is -1.69. The average Bonchev–Trinajstić information content (AvgIpc) is 2.45. The molecule has 2 heterocycles. The summed E-state index contributed by atoms with van der Waals surface area (Å²) in [4.78, 5) is 12.6. The lowest BCUT2D eigenvalue weighted by Gasteiger charge is -2.34.